The Morgan fingerprint density at radius 2 is 1.48 bits per heavy atom. The molecule has 250 valence electrons. The van der Waals surface area contributed by atoms with Crippen LogP contribution in [0.3, 0.4) is 0 Å². The number of ether oxygens (including phenoxy) is 7. The second-order valence-corrected chi connectivity index (χ2v) is 12.2. The SMILES string of the molecule is COc1cc(O)c2cc1Oc1ccc(cc1)CC1=NCCc3cc(OC)c(cc31)Oc1c(OC)c(OC)c(OC)c3c1[C@H](C2)N(C)CC3. The van der Waals surface area contributed by atoms with Gasteiger partial charge in [-0.05, 0) is 73.3 Å². The van der Waals surface area contributed by atoms with Gasteiger partial charge in [-0.2, -0.15) is 0 Å². The summed E-state index contributed by atoms with van der Waals surface area (Å²) in [6.45, 7) is 1.43. The first-order valence-corrected chi connectivity index (χ1v) is 16.0. The third-order valence-electron chi connectivity index (χ3n) is 9.55. The fourth-order valence-corrected chi connectivity index (χ4v) is 7.11. The largest absolute Gasteiger partial charge is 0.508 e. The number of rotatable bonds is 5. The van der Waals surface area contributed by atoms with Crippen LogP contribution in [0.15, 0.2) is 53.5 Å². The van der Waals surface area contributed by atoms with Crippen LogP contribution in [0, 0.1) is 0 Å². The van der Waals surface area contributed by atoms with Crippen LogP contribution in [-0.4, -0.2) is 71.4 Å². The van der Waals surface area contributed by atoms with Crippen LogP contribution in [0.1, 0.15) is 39.4 Å². The lowest BCUT2D eigenvalue weighted by atomic mass is 9.86. The molecule has 4 heterocycles. The van der Waals surface area contributed by atoms with E-state index in [0.29, 0.717) is 83.1 Å². The molecule has 0 saturated heterocycles. The molecule has 6 bridgehead atoms. The number of benzene rings is 4. The number of fused-ring (bicyclic) bond motifs is 2. The van der Waals surface area contributed by atoms with E-state index in [0.717, 1.165) is 46.5 Å². The molecule has 10 heteroatoms. The highest BCUT2D eigenvalue weighted by Gasteiger charge is 2.38. The fourth-order valence-electron chi connectivity index (χ4n) is 7.11. The van der Waals surface area contributed by atoms with Crippen LogP contribution in [0.5, 0.6) is 57.5 Å². The van der Waals surface area contributed by atoms with Crippen LogP contribution in [-0.2, 0) is 25.7 Å². The summed E-state index contributed by atoms with van der Waals surface area (Å²) in [7, 11) is 10.1. The van der Waals surface area contributed by atoms with Gasteiger partial charge in [0.25, 0.3) is 0 Å². The minimum absolute atomic E-state index is 0.0996. The standard InChI is InChI=1S/C38H40N2O8/c1-40-14-12-25-34-28(40)16-23-18-32(31(43-3)20-29(23)41)47-24-9-7-21(8-10-24)15-27-26-19-33(30(42-2)17-22(26)11-13-39-27)48-36(34)38(46-6)37(45-5)35(25)44-4/h7-10,17-20,28,41H,11-16H2,1-6H3/t28-/m0/s1. The van der Waals surface area contributed by atoms with Crippen LogP contribution in [0.4, 0.5) is 0 Å². The third-order valence-corrected chi connectivity index (χ3v) is 9.55. The Morgan fingerprint density at radius 3 is 2.19 bits per heavy atom. The number of hydrogen-bond acceptors (Lipinski definition) is 10. The predicted molar refractivity (Wildman–Crippen MR) is 182 cm³/mol. The van der Waals surface area contributed by atoms with Crippen molar-refractivity contribution in [3.63, 3.8) is 0 Å². The van der Waals surface area contributed by atoms with Crippen molar-refractivity contribution in [1.82, 2.24) is 4.90 Å². The molecule has 8 rings (SSSR count). The van der Waals surface area contributed by atoms with Crippen molar-refractivity contribution in [2.24, 2.45) is 4.99 Å². The van der Waals surface area contributed by atoms with Crippen molar-refractivity contribution in [3.8, 4) is 57.5 Å². The molecule has 4 aromatic rings. The molecule has 4 aliphatic rings. The van der Waals surface area contributed by atoms with Gasteiger partial charge >= 0.3 is 0 Å². The van der Waals surface area contributed by atoms with Crippen molar-refractivity contribution < 1.29 is 38.3 Å². The van der Waals surface area contributed by atoms with Gasteiger partial charge in [0.15, 0.2) is 34.5 Å². The van der Waals surface area contributed by atoms with Gasteiger partial charge in [0, 0.05) is 54.0 Å². The number of phenols is 1. The van der Waals surface area contributed by atoms with Crippen LogP contribution >= 0.6 is 0 Å². The Bertz CT molecular complexity index is 1900. The molecule has 0 spiro atoms. The summed E-state index contributed by atoms with van der Waals surface area (Å²) >= 11 is 0. The smallest absolute Gasteiger partial charge is 0.208 e. The molecule has 0 aromatic heterocycles. The van der Waals surface area contributed by atoms with E-state index in [4.69, 9.17) is 38.2 Å². The molecule has 0 unspecified atom stereocenters. The summed E-state index contributed by atoms with van der Waals surface area (Å²) in [4.78, 5) is 7.20. The van der Waals surface area contributed by atoms with Crippen molar-refractivity contribution in [2.75, 3.05) is 55.7 Å². The van der Waals surface area contributed by atoms with Gasteiger partial charge in [-0.25, -0.2) is 0 Å². The maximum Gasteiger partial charge on any atom is 0.208 e. The van der Waals surface area contributed by atoms with Crippen molar-refractivity contribution in [3.05, 3.63) is 81.9 Å². The first-order chi connectivity index (χ1) is 23.4. The summed E-state index contributed by atoms with van der Waals surface area (Å²) in [6, 6.07) is 15.2. The lowest BCUT2D eigenvalue weighted by Crippen LogP contribution is -2.34. The van der Waals surface area contributed by atoms with Gasteiger partial charge in [-0.1, -0.05) is 12.1 Å². The van der Waals surface area contributed by atoms with Gasteiger partial charge in [-0.3, -0.25) is 9.89 Å². The van der Waals surface area contributed by atoms with Gasteiger partial charge in [0.2, 0.25) is 11.5 Å². The van der Waals surface area contributed by atoms with Crippen molar-refractivity contribution in [2.45, 2.75) is 31.7 Å². The average Bonchev–Trinajstić information content (AvgIpc) is 3.10. The topological polar surface area (TPSA) is 100 Å². The predicted octanol–water partition coefficient (Wildman–Crippen LogP) is 6.69. The molecule has 0 amide bonds. The summed E-state index contributed by atoms with van der Waals surface area (Å²) in [5, 5.41) is 11.3. The molecule has 10 nitrogen and oxygen atoms in total. The first kappa shape index (κ1) is 31.5. The first-order valence-electron chi connectivity index (χ1n) is 16.0. The van der Waals surface area contributed by atoms with Crippen molar-refractivity contribution >= 4 is 5.71 Å². The highest BCUT2D eigenvalue weighted by Crippen LogP contribution is 2.56. The fraction of sp³-hybridized carbons (Fsp3) is 0.342. The van der Waals surface area contributed by atoms with E-state index in [-0.39, 0.29) is 11.8 Å². The molecule has 4 aromatic carbocycles. The molecular formula is C38H40N2O8. The summed E-state index contributed by atoms with van der Waals surface area (Å²) in [6.07, 6.45) is 2.53. The van der Waals surface area contributed by atoms with Gasteiger partial charge in [0.1, 0.15) is 11.5 Å². The Morgan fingerprint density at radius 1 is 0.771 bits per heavy atom. The zero-order valence-corrected chi connectivity index (χ0v) is 28.1. The average molecular weight is 653 g/mol. The molecular weight excluding hydrogens is 612 g/mol. The van der Waals surface area contributed by atoms with E-state index >= 15 is 0 Å². The van der Waals surface area contributed by atoms with E-state index in [9.17, 15) is 5.11 Å². The zero-order valence-electron chi connectivity index (χ0n) is 28.1. The van der Waals surface area contributed by atoms with Crippen LogP contribution in [0.25, 0.3) is 0 Å². The number of likely N-dealkylation sites (N-methyl/N-ethyl adjacent to an activating group) is 1. The molecule has 0 aliphatic carbocycles. The number of aromatic hydroxyl groups is 1. The Hall–Kier alpha value is -5.09. The van der Waals surface area contributed by atoms with Gasteiger partial charge in [-0.15, -0.1) is 0 Å². The van der Waals surface area contributed by atoms with Crippen LogP contribution in [0.2, 0.25) is 0 Å². The molecule has 1 atom stereocenters. The summed E-state index contributed by atoms with van der Waals surface area (Å²) in [5.41, 5.74) is 6.74. The number of hydrogen-bond donors (Lipinski definition) is 1. The number of aliphatic imine (C=N–C) groups is 1. The summed E-state index contributed by atoms with van der Waals surface area (Å²) < 4.78 is 42.9. The molecule has 0 radical (unpaired) electrons. The molecule has 0 saturated carbocycles. The zero-order chi connectivity index (χ0) is 33.5. The number of nitrogens with zero attached hydrogens (tertiary/aromatic N) is 2. The summed E-state index contributed by atoms with van der Waals surface area (Å²) in [5.74, 6) is 4.76. The van der Waals surface area contributed by atoms with E-state index < -0.39 is 0 Å². The van der Waals surface area contributed by atoms with Gasteiger partial charge < -0.3 is 38.3 Å². The minimum atomic E-state index is -0.261. The van der Waals surface area contributed by atoms with E-state index in [2.05, 4.69) is 18.0 Å². The second-order valence-electron chi connectivity index (χ2n) is 12.2. The maximum atomic E-state index is 11.3. The van der Waals surface area contributed by atoms with E-state index in [1.165, 1.54) is 0 Å². The monoisotopic (exact) mass is 652 g/mol. The number of methoxy groups -OCH3 is 5. The second kappa shape index (κ2) is 12.8. The molecule has 1 N–H and O–H groups in total. The lowest BCUT2D eigenvalue weighted by molar-refractivity contribution is 0.215. The normalized spacial score (nSPS) is 16.7. The van der Waals surface area contributed by atoms with Gasteiger partial charge in [0.05, 0.1) is 35.5 Å². The minimum Gasteiger partial charge on any atom is -0.508 e. The quantitative estimate of drug-likeness (QED) is 0.253. The molecule has 4 aliphatic heterocycles. The maximum absolute atomic E-state index is 11.3. The lowest BCUT2D eigenvalue weighted by Gasteiger charge is -2.37. The Balaban J connectivity index is 1.51. The Kier molecular flexibility index (Phi) is 8.43. The van der Waals surface area contributed by atoms with E-state index in [1.807, 2.05) is 36.4 Å². The van der Waals surface area contributed by atoms with E-state index in [1.54, 1.807) is 41.6 Å². The molecule has 0 fully saturated rings. The Labute approximate surface area is 280 Å². The number of phenolic OH excluding ortho intramolecular Hbond substituents is 1. The third kappa shape index (κ3) is 5.39. The van der Waals surface area contributed by atoms with Crippen molar-refractivity contribution in [1.29, 1.82) is 0 Å². The van der Waals surface area contributed by atoms with Crippen LogP contribution < -0.4 is 33.2 Å². The highest BCUT2D eigenvalue weighted by atomic mass is 16.6. The highest BCUT2D eigenvalue weighted by molar-refractivity contribution is 6.04. The molecule has 48 heavy (non-hydrogen) atoms.